The van der Waals surface area contributed by atoms with Gasteiger partial charge in [-0.3, -0.25) is 4.79 Å². The molecule has 4 rings (SSSR count). The second-order valence-corrected chi connectivity index (χ2v) is 7.53. The number of para-hydroxylation sites is 1. The topological polar surface area (TPSA) is 66.8 Å². The van der Waals surface area contributed by atoms with Crippen LogP contribution in [-0.4, -0.2) is 27.9 Å². The van der Waals surface area contributed by atoms with Crippen molar-refractivity contribution in [2.45, 2.75) is 24.9 Å². The molecule has 152 valence electrons. The van der Waals surface area contributed by atoms with Crippen molar-refractivity contribution in [3.05, 3.63) is 95.0 Å². The molecule has 1 aliphatic rings. The normalized spacial score (nSPS) is 18.2. The van der Waals surface area contributed by atoms with E-state index in [9.17, 15) is 14.7 Å². The molecule has 0 aromatic heterocycles. The van der Waals surface area contributed by atoms with Crippen molar-refractivity contribution < 1.29 is 19.4 Å². The lowest BCUT2D eigenvalue weighted by molar-refractivity contribution is -0.141. The van der Waals surface area contributed by atoms with Crippen molar-refractivity contribution >= 4 is 23.5 Å². The minimum atomic E-state index is -1.01. The van der Waals surface area contributed by atoms with E-state index < -0.39 is 12.0 Å². The molecule has 1 aliphatic heterocycles. The summed E-state index contributed by atoms with van der Waals surface area (Å²) in [5, 5.41) is 10.2. The Labute approximate surface area is 179 Å². The Kier molecular flexibility index (Phi) is 5.72. The van der Waals surface area contributed by atoms with Gasteiger partial charge in [-0.25, -0.2) is 4.79 Å². The van der Waals surface area contributed by atoms with Gasteiger partial charge in [0.1, 0.15) is 17.5 Å². The summed E-state index contributed by atoms with van der Waals surface area (Å²) in [5.41, 5.74) is 1.17. The van der Waals surface area contributed by atoms with E-state index >= 15 is 0 Å². The minimum absolute atomic E-state index is 0.337. The summed E-state index contributed by atoms with van der Waals surface area (Å²) in [6.45, 7) is 0. The molecule has 1 saturated heterocycles. The maximum absolute atomic E-state index is 13.3. The number of rotatable bonds is 5. The van der Waals surface area contributed by atoms with E-state index in [0.29, 0.717) is 34.9 Å². The first-order valence-electron chi connectivity index (χ1n) is 9.67. The van der Waals surface area contributed by atoms with Crippen LogP contribution >= 0.6 is 11.6 Å². The fourth-order valence-corrected chi connectivity index (χ4v) is 4.09. The molecule has 0 radical (unpaired) electrons. The van der Waals surface area contributed by atoms with Crippen LogP contribution in [0.15, 0.2) is 78.9 Å². The number of carboxylic acid groups (broad SMARTS) is 1. The molecular formula is C24H20ClNO4. The Morgan fingerprint density at radius 3 is 2.17 bits per heavy atom. The highest BCUT2D eigenvalue weighted by atomic mass is 35.5. The van der Waals surface area contributed by atoms with Crippen molar-refractivity contribution in [2.75, 3.05) is 0 Å². The van der Waals surface area contributed by atoms with Crippen LogP contribution in [-0.2, 0) is 4.79 Å². The smallest absolute Gasteiger partial charge is 0.326 e. The lowest BCUT2D eigenvalue weighted by Crippen LogP contribution is -2.41. The van der Waals surface area contributed by atoms with E-state index in [1.54, 1.807) is 30.3 Å². The molecule has 0 saturated carbocycles. The summed E-state index contributed by atoms with van der Waals surface area (Å²) in [4.78, 5) is 26.6. The second kappa shape index (κ2) is 8.59. The number of carbonyl (C=O) groups excluding carboxylic acids is 1. The number of nitrogens with zero attached hydrogens (tertiary/aromatic N) is 1. The van der Waals surface area contributed by atoms with Crippen LogP contribution in [0.25, 0.3) is 0 Å². The van der Waals surface area contributed by atoms with Gasteiger partial charge in [-0.15, -0.1) is 0 Å². The van der Waals surface area contributed by atoms with Crippen molar-refractivity contribution in [1.82, 2.24) is 4.90 Å². The standard InChI is InChI=1S/C24H20ClNO4/c25-20-9-5-4-8-19(20)21-14-15-22(24(28)29)26(21)23(27)16-10-12-18(13-11-16)30-17-6-2-1-3-7-17/h1-13,21-22H,14-15H2,(H,28,29)/t21-,22+/m1/s1. The Hall–Kier alpha value is -3.31. The third-order valence-corrected chi connectivity index (χ3v) is 5.59. The SMILES string of the molecule is O=C(O)[C@@H]1CC[C@H](c2ccccc2Cl)N1C(=O)c1ccc(Oc2ccccc2)cc1. The molecular weight excluding hydrogens is 402 g/mol. The monoisotopic (exact) mass is 421 g/mol. The zero-order valence-corrected chi connectivity index (χ0v) is 16.8. The number of benzene rings is 3. The summed E-state index contributed by atoms with van der Waals surface area (Å²) in [5.74, 6) is -0.0597. The maximum atomic E-state index is 13.3. The van der Waals surface area contributed by atoms with Gasteiger partial charge in [0, 0.05) is 10.6 Å². The third-order valence-electron chi connectivity index (χ3n) is 5.25. The largest absolute Gasteiger partial charge is 0.480 e. The van der Waals surface area contributed by atoms with Crippen LogP contribution in [0.5, 0.6) is 11.5 Å². The molecule has 0 bridgehead atoms. The molecule has 2 atom stereocenters. The average Bonchev–Trinajstić information content (AvgIpc) is 3.20. The summed E-state index contributed by atoms with van der Waals surface area (Å²) in [6.07, 6.45) is 0.924. The van der Waals surface area contributed by atoms with E-state index in [4.69, 9.17) is 16.3 Å². The van der Waals surface area contributed by atoms with Gasteiger partial charge in [-0.05, 0) is 60.9 Å². The van der Waals surface area contributed by atoms with Crippen LogP contribution in [0.1, 0.15) is 34.8 Å². The number of carboxylic acids is 1. The van der Waals surface area contributed by atoms with Crippen LogP contribution in [0.2, 0.25) is 5.02 Å². The fourth-order valence-electron chi connectivity index (χ4n) is 3.83. The van der Waals surface area contributed by atoms with Crippen molar-refractivity contribution in [2.24, 2.45) is 0 Å². The average molecular weight is 422 g/mol. The first-order chi connectivity index (χ1) is 14.5. The Morgan fingerprint density at radius 2 is 1.50 bits per heavy atom. The number of amides is 1. The number of halogens is 1. The van der Waals surface area contributed by atoms with Gasteiger partial charge in [0.15, 0.2) is 0 Å². The molecule has 1 heterocycles. The van der Waals surface area contributed by atoms with Gasteiger partial charge in [0.05, 0.1) is 6.04 Å². The first kappa shape index (κ1) is 20.0. The molecule has 3 aromatic carbocycles. The van der Waals surface area contributed by atoms with Gasteiger partial charge in [0.25, 0.3) is 5.91 Å². The molecule has 1 fully saturated rings. The number of carbonyl (C=O) groups is 2. The quantitative estimate of drug-likeness (QED) is 0.585. The summed E-state index contributed by atoms with van der Waals surface area (Å²) >= 11 is 6.34. The Bertz CT molecular complexity index is 1050. The zero-order chi connectivity index (χ0) is 21.1. The van der Waals surface area contributed by atoms with Crippen LogP contribution in [0.4, 0.5) is 0 Å². The molecule has 0 spiro atoms. The first-order valence-corrected chi connectivity index (χ1v) is 10.1. The predicted molar refractivity (Wildman–Crippen MR) is 114 cm³/mol. The third kappa shape index (κ3) is 4.02. The molecule has 0 aliphatic carbocycles. The number of hydrogen-bond donors (Lipinski definition) is 1. The Balaban J connectivity index is 1.60. The second-order valence-electron chi connectivity index (χ2n) is 7.12. The highest BCUT2D eigenvalue weighted by molar-refractivity contribution is 6.31. The molecule has 1 N–H and O–H groups in total. The molecule has 1 amide bonds. The van der Waals surface area contributed by atoms with Crippen LogP contribution in [0, 0.1) is 0 Å². The highest BCUT2D eigenvalue weighted by Gasteiger charge is 2.42. The number of ether oxygens (including phenoxy) is 1. The van der Waals surface area contributed by atoms with E-state index in [1.807, 2.05) is 48.5 Å². The van der Waals surface area contributed by atoms with E-state index in [1.165, 1.54) is 4.90 Å². The molecule has 6 heteroatoms. The minimum Gasteiger partial charge on any atom is -0.480 e. The molecule has 0 unspecified atom stereocenters. The summed E-state index contributed by atoms with van der Waals surface area (Å²) in [7, 11) is 0. The molecule has 3 aromatic rings. The molecule has 5 nitrogen and oxygen atoms in total. The van der Waals surface area contributed by atoms with Crippen molar-refractivity contribution in [3.8, 4) is 11.5 Å². The lowest BCUT2D eigenvalue weighted by atomic mass is 10.0. The van der Waals surface area contributed by atoms with Gasteiger partial charge in [-0.1, -0.05) is 48.0 Å². The number of likely N-dealkylation sites (tertiary alicyclic amines) is 1. The Morgan fingerprint density at radius 1 is 0.867 bits per heavy atom. The zero-order valence-electron chi connectivity index (χ0n) is 16.1. The van der Waals surface area contributed by atoms with Crippen LogP contribution < -0.4 is 4.74 Å². The van der Waals surface area contributed by atoms with Gasteiger partial charge in [0.2, 0.25) is 0 Å². The van der Waals surface area contributed by atoms with E-state index in [2.05, 4.69) is 0 Å². The highest BCUT2D eigenvalue weighted by Crippen LogP contribution is 2.40. The molecule has 30 heavy (non-hydrogen) atoms. The van der Waals surface area contributed by atoms with Gasteiger partial charge >= 0.3 is 5.97 Å². The number of aliphatic carboxylic acids is 1. The van der Waals surface area contributed by atoms with Gasteiger partial charge < -0.3 is 14.7 Å². The van der Waals surface area contributed by atoms with E-state index in [0.717, 1.165) is 5.56 Å². The summed E-state index contributed by atoms with van der Waals surface area (Å²) < 4.78 is 5.77. The number of hydrogen-bond acceptors (Lipinski definition) is 3. The van der Waals surface area contributed by atoms with Gasteiger partial charge in [-0.2, -0.15) is 0 Å². The van der Waals surface area contributed by atoms with E-state index in [-0.39, 0.29) is 11.9 Å². The van der Waals surface area contributed by atoms with Crippen molar-refractivity contribution in [3.63, 3.8) is 0 Å². The summed E-state index contributed by atoms with van der Waals surface area (Å²) in [6, 6.07) is 22.0. The predicted octanol–water partition coefficient (Wildman–Crippen LogP) is 5.56. The maximum Gasteiger partial charge on any atom is 0.326 e. The fraction of sp³-hybridized carbons (Fsp3) is 0.167. The lowest BCUT2D eigenvalue weighted by Gasteiger charge is -2.29. The van der Waals surface area contributed by atoms with Crippen LogP contribution in [0.3, 0.4) is 0 Å². The van der Waals surface area contributed by atoms with Crippen molar-refractivity contribution in [1.29, 1.82) is 0 Å².